The van der Waals surface area contributed by atoms with Crippen LogP contribution in [0.25, 0.3) is 0 Å². The van der Waals surface area contributed by atoms with Gasteiger partial charge in [0, 0.05) is 18.6 Å². The minimum absolute atomic E-state index is 0.482. The van der Waals surface area contributed by atoms with Crippen LogP contribution in [0.4, 0.5) is 0 Å². The molecule has 2 aliphatic rings. The molecule has 2 heteroatoms. The highest BCUT2D eigenvalue weighted by Crippen LogP contribution is 2.30. The second kappa shape index (κ2) is 6.91. The van der Waals surface area contributed by atoms with Crippen molar-refractivity contribution in [1.29, 1.82) is 0 Å². The molecule has 2 saturated carbocycles. The minimum atomic E-state index is 0.482. The van der Waals surface area contributed by atoms with Gasteiger partial charge in [0.25, 0.3) is 0 Å². The van der Waals surface area contributed by atoms with Gasteiger partial charge in [-0.1, -0.05) is 26.7 Å². The molecule has 0 aromatic carbocycles. The Hall–Kier alpha value is -0.0800. The second-order valence-electron chi connectivity index (χ2n) is 6.78. The normalized spacial score (nSPS) is 38.0. The molecule has 106 valence electrons. The van der Waals surface area contributed by atoms with Crippen molar-refractivity contribution in [1.82, 2.24) is 4.90 Å². The minimum Gasteiger partial charge on any atom is -0.328 e. The van der Waals surface area contributed by atoms with E-state index in [4.69, 9.17) is 5.73 Å². The summed E-state index contributed by atoms with van der Waals surface area (Å²) < 4.78 is 0. The number of nitrogens with zero attached hydrogens (tertiary/aromatic N) is 1. The van der Waals surface area contributed by atoms with Gasteiger partial charge in [-0.25, -0.2) is 0 Å². The molecule has 2 aliphatic carbocycles. The van der Waals surface area contributed by atoms with Gasteiger partial charge >= 0.3 is 0 Å². The van der Waals surface area contributed by atoms with E-state index >= 15 is 0 Å². The summed E-state index contributed by atoms with van der Waals surface area (Å²) >= 11 is 0. The van der Waals surface area contributed by atoms with Crippen LogP contribution < -0.4 is 5.73 Å². The lowest BCUT2D eigenvalue weighted by Gasteiger charge is -2.38. The summed E-state index contributed by atoms with van der Waals surface area (Å²) in [7, 11) is 0. The fraction of sp³-hybridized carbons (Fsp3) is 1.00. The Labute approximate surface area is 113 Å². The molecule has 18 heavy (non-hydrogen) atoms. The van der Waals surface area contributed by atoms with Crippen molar-refractivity contribution in [3.05, 3.63) is 0 Å². The van der Waals surface area contributed by atoms with E-state index in [1.54, 1.807) is 0 Å². The summed E-state index contributed by atoms with van der Waals surface area (Å²) in [4.78, 5) is 2.76. The van der Waals surface area contributed by atoms with E-state index in [1.807, 2.05) is 0 Å². The zero-order valence-corrected chi connectivity index (χ0v) is 12.4. The van der Waals surface area contributed by atoms with Gasteiger partial charge in [0.15, 0.2) is 0 Å². The molecule has 0 saturated heterocycles. The first-order valence-electron chi connectivity index (χ1n) is 8.18. The van der Waals surface area contributed by atoms with Crippen molar-refractivity contribution in [2.45, 2.75) is 77.3 Å². The largest absolute Gasteiger partial charge is 0.328 e. The maximum Gasteiger partial charge on any atom is 0.00964 e. The van der Waals surface area contributed by atoms with Gasteiger partial charge < -0.3 is 10.6 Å². The van der Waals surface area contributed by atoms with Crippen molar-refractivity contribution in [2.24, 2.45) is 17.6 Å². The highest BCUT2D eigenvalue weighted by molar-refractivity contribution is 4.83. The van der Waals surface area contributed by atoms with Crippen LogP contribution in [0.15, 0.2) is 0 Å². The van der Waals surface area contributed by atoms with Gasteiger partial charge in [-0.05, 0) is 56.9 Å². The molecule has 0 aromatic heterocycles. The summed E-state index contributed by atoms with van der Waals surface area (Å²) in [5.74, 6) is 1.95. The molecule has 2 N–H and O–H groups in total. The molecule has 2 nitrogen and oxygen atoms in total. The van der Waals surface area contributed by atoms with Crippen LogP contribution in [0, 0.1) is 11.8 Å². The van der Waals surface area contributed by atoms with Crippen molar-refractivity contribution in [3.63, 3.8) is 0 Å². The maximum atomic E-state index is 6.02. The monoisotopic (exact) mass is 252 g/mol. The third-order valence-electron chi connectivity index (χ3n) is 5.29. The Morgan fingerprint density at radius 1 is 0.944 bits per heavy atom. The quantitative estimate of drug-likeness (QED) is 0.831. The molecular formula is C16H32N2. The topological polar surface area (TPSA) is 29.3 Å². The van der Waals surface area contributed by atoms with E-state index in [-0.39, 0.29) is 0 Å². The van der Waals surface area contributed by atoms with Crippen LogP contribution in [-0.4, -0.2) is 30.1 Å². The van der Waals surface area contributed by atoms with Crippen molar-refractivity contribution in [3.8, 4) is 0 Å². The molecule has 0 radical (unpaired) electrons. The molecule has 0 atom stereocenters. The predicted molar refractivity (Wildman–Crippen MR) is 78.6 cm³/mol. The maximum absolute atomic E-state index is 6.02. The lowest BCUT2D eigenvalue weighted by Crippen LogP contribution is -2.43. The smallest absolute Gasteiger partial charge is 0.00964 e. The SMILES string of the molecule is CCN(CC1CCC(C)CC1)C1CCC(N)CC1. The number of rotatable bonds is 4. The number of hydrogen-bond acceptors (Lipinski definition) is 2. The highest BCUT2D eigenvalue weighted by Gasteiger charge is 2.26. The molecule has 0 heterocycles. The van der Waals surface area contributed by atoms with E-state index in [1.165, 1.54) is 64.5 Å². The van der Waals surface area contributed by atoms with E-state index < -0.39 is 0 Å². The number of nitrogens with two attached hydrogens (primary N) is 1. The highest BCUT2D eigenvalue weighted by atomic mass is 15.2. The first kappa shape index (κ1) is 14.3. The summed E-state index contributed by atoms with van der Waals surface area (Å²) in [5, 5.41) is 0. The summed E-state index contributed by atoms with van der Waals surface area (Å²) in [6.07, 6.45) is 11.0. The van der Waals surface area contributed by atoms with Gasteiger partial charge in [0.05, 0.1) is 0 Å². The Morgan fingerprint density at radius 3 is 2.11 bits per heavy atom. The average molecular weight is 252 g/mol. The third-order valence-corrected chi connectivity index (χ3v) is 5.29. The molecule has 0 unspecified atom stereocenters. The molecule has 0 bridgehead atoms. The van der Waals surface area contributed by atoms with Gasteiger partial charge in [0.2, 0.25) is 0 Å². The zero-order chi connectivity index (χ0) is 13.0. The average Bonchev–Trinajstić information content (AvgIpc) is 2.39. The van der Waals surface area contributed by atoms with Crippen LogP contribution in [0.3, 0.4) is 0 Å². The van der Waals surface area contributed by atoms with Gasteiger partial charge in [-0.3, -0.25) is 0 Å². The van der Waals surface area contributed by atoms with E-state index in [0.717, 1.165) is 17.9 Å². The molecule has 2 rings (SSSR count). The van der Waals surface area contributed by atoms with Gasteiger partial charge in [-0.2, -0.15) is 0 Å². The fourth-order valence-electron chi connectivity index (χ4n) is 3.85. The molecule has 0 aromatic rings. The lowest BCUT2D eigenvalue weighted by molar-refractivity contribution is 0.116. The Balaban J connectivity index is 1.78. The molecule has 2 fully saturated rings. The van der Waals surface area contributed by atoms with Crippen LogP contribution in [-0.2, 0) is 0 Å². The van der Waals surface area contributed by atoms with Crippen LogP contribution >= 0.6 is 0 Å². The molecule has 0 aliphatic heterocycles. The molecule has 0 amide bonds. The van der Waals surface area contributed by atoms with Gasteiger partial charge in [-0.15, -0.1) is 0 Å². The second-order valence-corrected chi connectivity index (χ2v) is 6.78. The van der Waals surface area contributed by atoms with E-state index in [0.29, 0.717) is 6.04 Å². The summed E-state index contributed by atoms with van der Waals surface area (Å²) in [5.41, 5.74) is 6.02. The zero-order valence-electron chi connectivity index (χ0n) is 12.4. The standard InChI is InChI=1S/C16H32N2/c1-3-18(16-10-8-15(17)9-11-16)12-14-6-4-13(2)5-7-14/h13-16H,3-12,17H2,1-2H3. The van der Waals surface area contributed by atoms with Crippen molar-refractivity contribution >= 4 is 0 Å². The van der Waals surface area contributed by atoms with Crippen molar-refractivity contribution < 1.29 is 0 Å². The van der Waals surface area contributed by atoms with E-state index in [9.17, 15) is 0 Å². The van der Waals surface area contributed by atoms with Gasteiger partial charge in [0.1, 0.15) is 0 Å². The fourth-order valence-corrected chi connectivity index (χ4v) is 3.85. The first-order valence-corrected chi connectivity index (χ1v) is 8.18. The first-order chi connectivity index (χ1) is 8.69. The summed E-state index contributed by atoms with van der Waals surface area (Å²) in [6.45, 7) is 7.32. The lowest BCUT2D eigenvalue weighted by atomic mass is 9.82. The van der Waals surface area contributed by atoms with Crippen LogP contribution in [0.2, 0.25) is 0 Å². The summed E-state index contributed by atoms with van der Waals surface area (Å²) in [6, 6.07) is 1.31. The third kappa shape index (κ3) is 3.96. The Morgan fingerprint density at radius 2 is 1.56 bits per heavy atom. The Bertz CT molecular complexity index is 225. The van der Waals surface area contributed by atoms with Crippen molar-refractivity contribution in [2.75, 3.05) is 13.1 Å². The van der Waals surface area contributed by atoms with Crippen LogP contribution in [0.1, 0.15) is 65.2 Å². The Kier molecular flexibility index (Phi) is 5.50. The predicted octanol–water partition coefficient (Wildman–Crippen LogP) is 3.40. The van der Waals surface area contributed by atoms with Crippen LogP contribution in [0.5, 0.6) is 0 Å². The molecular weight excluding hydrogens is 220 g/mol. The molecule has 0 spiro atoms. The van der Waals surface area contributed by atoms with E-state index in [2.05, 4.69) is 18.7 Å². The number of hydrogen-bond donors (Lipinski definition) is 1.